The molecule has 29 heavy (non-hydrogen) atoms. The van der Waals surface area contributed by atoms with E-state index in [-0.39, 0.29) is 12.5 Å². The fourth-order valence-electron chi connectivity index (χ4n) is 2.84. The minimum Gasteiger partial charge on any atom is -0.488 e. The van der Waals surface area contributed by atoms with Crippen LogP contribution < -0.4 is 19.6 Å². The Labute approximate surface area is 168 Å². The number of carbonyl (C=O) groups excluding carboxylic acids is 1. The standard InChI is InChI=1S/C23H20N2O4/c26-23(22-16-28-20-12-6-7-13-21(20)29-22)25-24-14-18-10-4-5-11-19(18)27-15-17-8-2-1-3-9-17/h1-14,22H,15-16H2,(H,25,26)/b24-14+. The molecule has 3 aromatic rings. The Bertz CT molecular complexity index is 1000. The number of nitrogens with one attached hydrogen (secondary N) is 1. The van der Waals surface area contributed by atoms with Gasteiger partial charge in [-0.15, -0.1) is 0 Å². The Hall–Kier alpha value is -3.80. The molecule has 0 saturated carbocycles. The summed E-state index contributed by atoms with van der Waals surface area (Å²) in [5, 5.41) is 4.05. The van der Waals surface area contributed by atoms with Crippen LogP contribution in [0.2, 0.25) is 0 Å². The van der Waals surface area contributed by atoms with Crippen molar-refractivity contribution in [1.82, 2.24) is 5.43 Å². The highest BCUT2D eigenvalue weighted by atomic mass is 16.6. The molecule has 1 atom stereocenters. The van der Waals surface area contributed by atoms with Crippen molar-refractivity contribution < 1.29 is 19.0 Å². The molecule has 1 aliphatic heterocycles. The molecule has 1 aliphatic rings. The molecule has 0 radical (unpaired) electrons. The number of hydrogen-bond acceptors (Lipinski definition) is 5. The molecule has 0 fully saturated rings. The molecule has 0 saturated heterocycles. The van der Waals surface area contributed by atoms with Crippen LogP contribution in [0.15, 0.2) is 84.0 Å². The van der Waals surface area contributed by atoms with E-state index < -0.39 is 6.10 Å². The number of rotatable bonds is 6. The van der Waals surface area contributed by atoms with Gasteiger partial charge in [-0.2, -0.15) is 5.10 Å². The third-order valence-electron chi connectivity index (χ3n) is 4.34. The van der Waals surface area contributed by atoms with E-state index in [2.05, 4.69) is 10.5 Å². The van der Waals surface area contributed by atoms with Gasteiger partial charge >= 0.3 is 0 Å². The van der Waals surface area contributed by atoms with Gasteiger partial charge in [-0.05, 0) is 29.8 Å². The molecule has 6 nitrogen and oxygen atoms in total. The van der Waals surface area contributed by atoms with E-state index in [1.54, 1.807) is 18.3 Å². The lowest BCUT2D eigenvalue weighted by Gasteiger charge is -2.24. The summed E-state index contributed by atoms with van der Waals surface area (Å²) >= 11 is 0. The van der Waals surface area contributed by atoms with Crippen molar-refractivity contribution in [3.63, 3.8) is 0 Å². The number of benzene rings is 3. The Balaban J connectivity index is 1.35. The minimum atomic E-state index is -0.758. The lowest BCUT2D eigenvalue weighted by Crippen LogP contribution is -2.42. The first-order valence-corrected chi connectivity index (χ1v) is 9.27. The van der Waals surface area contributed by atoms with Gasteiger partial charge in [0, 0.05) is 5.56 Å². The van der Waals surface area contributed by atoms with Gasteiger partial charge < -0.3 is 14.2 Å². The molecule has 4 rings (SSSR count). The van der Waals surface area contributed by atoms with Crippen molar-refractivity contribution in [1.29, 1.82) is 0 Å². The van der Waals surface area contributed by atoms with Crippen LogP contribution in [0, 0.1) is 0 Å². The normalized spacial score (nSPS) is 15.1. The second kappa shape index (κ2) is 8.93. The molecule has 1 amide bonds. The largest absolute Gasteiger partial charge is 0.488 e. The molecule has 0 aliphatic carbocycles. The van der Waals surface area contributed by atoms with Gasteiger partial charge in [0.05, 0.1) is 6.21 Å². The summed E-state index contributed by atoms with van der Waals surface area (Å²) in [6.07, 6.45) is 0.794. The molecular formula is C23H20N2O4. The van der Waals surface area contributed by atoms with E-state index in [0.717, 1.165) is 11.1 Å². The first-order chi connectivity index (χ1) is 14.3. The van der Waals surface area contributed by atoms with E-state index in [1.807, 2.05) is 66.7 Å². The molecule has 1 unspecified atom stereocenters. The molecule has 0 spiro atoms. The lowest BCUT2D eigenvalue weighted by atomic mass is 10.2. The molecule has 6 heteroatoms. The molecular weight excluding hydrogens is 368 g/mol. The number of para-hydroxylation sites is 3. The first-order valence-electron chi connectivity index (χ1n) is 9.27. The Kier molecular flexibility index (Phi) is 5.71. The van der Waals surface area contributed by atoms with Crippen molar-refractivity contribution in [2.45, 2.75) is 12.7 Å². The number of fused-ring (bicyclic) bond motifs is 1. The van der Waals surface area contributed by atoms with Crippen LogP contribution in [-0.2, 0) is 11.4 Å². The Morgan fingerprint density at radius 2 is 1.72 bits per heavy atom. The number of carbonyl (C=O) groups is 1. The number of ether oxygens (including phenoxy) is 3. The summed E-state index contributed by atoms with van der Waals surface area (Å²) in [7, 11) is 0. The van der Waals surface area contributed by atoms with Gasteiger partial charge in [0.15, 0.2) is 11.5 Å². The van der Waals surface area contributed by atoms with Crippen LogP contribution in [0.1, 0.15) is 11.1 Å². The molecule has 1 heterocycles. The highest BCUT2D eigenvalue weighted by Gasteiger charge is 2.26. The van der Waals surface area contributed by atoms with Gasteiger partial charge in [-0.1, -0.05) is 54.6 Å². The summed E-state index contributed by atoms with van der Waals surface area (Å²) in [4.78, 5) is 12.3. The van der Waals surface area contributed by atoms with Gasteiger partial charge in [0.2, 0.25) is 6.10 Å². The summed E-state index contributed by atoms with van der Waals surface area (Å²) in [5.74, 6) is 1.48. The third-order valence-corrected chi connectivity index (χ3v) is 4.34. The highest BCUT2D eigenvalue weighted by Crippen LogP contribution is 2.30. The third kappa shape index (κ3) is 4.73. The molecule has 3 aromatic carbocycles. The SMILES string of the molecule is O=C(N/N=C/c1ccccc1OCc1ccccc1)C1COc2ccccc2O1. The number of amides is 1. The molecule has 0 bridgehead atoms. The maximum Gasteiger partial charge on any atom is 0.284 e. The van der Waals surface area contributed by atoms with Crippen LogP contribution in [0.3, 0.4) is 0 Å². The fraction of sp³-hybridized carbons (Fsp3) is 0.130. The van der Waals surface area contributed by atoms with E-state index in [0.29, 0.717) is 23.9 Å². The average Bonchev–Trinajstić information content (AvgIpc) is 2.78. The average molecular weight is 388 g/mol. The summed E-state index contributed by atoms with van der Waals surface area (Å²) < 4.78 is 17.1. The van der Waals surface area contributed by atoms with E-state index in [9.17, 15) is 4.79 Å². The van der Waals surface area contributed by atoms with Gasteiger partial charge in [0.1, 0.15) is 19.0 Å². The van der Waals surface area contributed by atoms with Crippen molar-refractivity contribution >= 4 is 12.1 Å². The quantitative estimate of drug-likeness (QED) is 0.518. The highest BCUT2D eigenvalue weighted by molar-refractivity contribution is 5.86. The predicted octanol–water partition coefficient (Wildman–Crippen LogP) is 3.56. The minimum absolute atomic E-state index is 0.134. The van der Waals surface area contributed by atoms with Crippen LogP contribution >= 0.6 is 0 Å². The smallest absolute Gasteiger partial charge is 0.284 e. The van der Waals surface area contributed by atoms with Gasteiger partial charge in [-0.3, -0.25) is 4.79 Å². The Morgan fingerprint density at radius 3 is 2.59 bits per heavy atom. The zero-order valence-corrected chi connectivity index (χ0v) is 15.7. The van der Waals surface area contributed by atoms with Crippen molar-refractivity contribution in [2.24, 2.45) is 5.10 Å². The second-order valence-electron chi connectivity index (χ2n) is 6.41. The maximum atomic E-state index is 12.3. The van der Waals surface area contributed by atoms with Crippen molar-refractivity contribution in [2.75, 3.05) is 6.61 Å². The number of nitrogens with zero attached hydrogens (tertiary/aromatic N) is 1. The van der Waals surface area contributed by atoms with Crippen molar-refractivity contribution in [3.05, 3.63) is 90.0 Å². The summed E-state index contributed by atoms with van der Waals surface area (Å²) in [6.45, 7) is 0.583. The van der Waals surface area contributed by atoms with Crippen LogP contribution in [0.5, 0.6) is 17.2 Å². The number of hydrogen-bond donors (Lipinski definition) is 1. The van der Waals surface area contributed by atoms with Crippen LogP contribution in [0.4, 0.5) is 0 Å². The Morgan fingerprint density at radius 1 is 1.00 bits per heavy atom. The lowest BCUT2D eigenvalue weighted by molar-refractivity contribution is -0.130. The number of hydrazone groups is 1. The first kappa shape index (κ1) is 18.6. The second-order valence-corrected chi connectivity index (χ2v) is 6.41. The predicted molar refractivity (Wildman–Crippen MR) is 109 cm³/mol. The zero-order valence-electron chi connectivity index (χ0n) is 15.7. The summed E-state index contributed by atoms with van der Waals surface area (Å²) in [5.41, 5.74) is 4.33. The maximum absolute atomic E-state index is 12.3. The van der Waals surface area contributed by atoms with Crippen LogP contribution in [-0.4, -0.2) is 24.8 Å². The van der Waals surface area contributed by atoms with E-state index in [4.69, 9.17) is 14.2 Å². The summed E-state index contributed by atoms with van der Waals surface area (Å²) in [6, 6.07) is 24.6. The monoisotopic (exact) mass is 388 g/mol. The topological polar surface area (TPSA) is 69.2 Å². The van der Waals surface area contributed by atoms with E-state index >= 15 is 0 Å². The molecule has 1 N–H and O–H groups in total. The zero-order chi connectivity index (χ0) is 19.9. The van der Waals surface area contributed by atoms with Gasteiger partial charge in [0.25, 0.3) is 5.91 Å². The molecule has 146 valence electrons. The van der Waals surface area contributed by atoms with E-state index in [1.165, 1.54) is 0 Å². The van der Waals surface area contributed by atoms with Crippen molar-refractivity contribution in [3.8, 4) is 17.2 Å². The fourth-order valence-corrected chi connectivity index (χ4v) is 2.84. The van der Waals surface area contributed by atoms with Gasteiger partial charge in [-0.25, -0.2) is 5.43 Å². The molecule has 0 aromatic heterocycles. The van der Waals surface area contributed by atoms with Crippen LogP contribution in [0.25, 0.3) is 0 Å².